The number of para-hydroxylation sites is 2. The Balaban J connectivity index is 1.91. The van der Waals surface area contributed by atoms with Crippen molar-refractivity contribution in [3.8, 4) is 0 Å². The van der Waals surface area contributed by atoms with Gasteiger partial charge in [0.05, 0.1) is 16.4 Å². The van der Waals surface area contributed by atoms with E-state index in [0.29, 0.717) is 6.42 Å². The SMILES string of the molecule is O=C(O)C1(Cc2nc3ccccc3[nH]2)CCCCC1. The van der Waals surface area contributed by atoms with Crippen LogP contribution in [0.5, 0.6) is 0 Å². The molecule has 1 aromatic carbocycles. The van der Waals surface area contributed by atoms with E-state index >= 15 is 0 Å². The Morgan fingerprint density at radius 3 is 2.68 bits per heavy atom. The van der Waals surface area contributed by atoms with Crippen molar-refractivity contribution in [3.05, 3.63) is 30.1 Å². The Labute approximate surface area is 111 Å². The number of rotatable bonds is 3. The van der Waals surface area contributed by atoms with Crippen LogP contribution in [0.1, 0.15) is 37.9 Å². The number of aliphatic carboxylic acids is 1. The van der Waals surface area contributed by atoms with Gasteiger partial charge in [0, 0.05) is 6.42 Å². The Morgan fingerprint density at radius 1 is 1.26 bits per heavy atom. The molecule has 3 rings (SSSR count). The van der Waals surface area contributed by atoms with E-state index in [1.54, 1.807) is 0 Å². The topological polar surface area (TPSA) is 66.0 Å². The van der Waals surface area contributed by atoms with E-state index in [9.17, 15) is 9.90 Å². The standard InChI is InChI=1S/C15H18N2O2/c18-14(19)15(8-4-1-5-9-15)10-13-16-11-6-2-3-7-12(11)17-13/h2-3,6-7H,1,4-5,8-10H2,(H,16,17)(H,18,19). The molecule has 4 nitrogen and oxygen atoms in total. The molecule has 1 aliphatic rings. The minimum Gasteiger partial charge on any atom is -0.481 e. The summed E-state index contributed by atoms with van der Waals surface area (Å²) in [6, 6.07) is 7.82. The van der Waals surface area contributed by atoms with E-state index < -0.39 is 11.4 Å². The smallest absolute Gasteiger partial charge is 0.310 e. The lowest BCUT2D eigenvalue weighted by molar-refractivity contribution is -0.151. The van der Waals surface area contributed by atoms with E-state index in [1.165, 1.54) is 0 Å². The normalized spacial score (nSPS) is 18.5. The van der Waals surface area contributed by atoms with Gasteiger partial charge >= 0.3 is 5.97 Å². The molecule has 19 heavy (non-hydrogen) atoms. The number of aromatic nitrogens is 2. The van der Waals surface area contributed by atoms with Gasteiger partial charge in [-0.1, -0.05) is 31.4 Å². The number of benzene rings is 1. The van der Waals surface area contributed by atoms with Crippen LogP contribution in [-0.2, 0) is 11.2 Å². The van der Waals surface area contributed by atoms with E-state index in [0.717, 1.165) is 49.0 Å². The van der Waals surface area contributed by atoms with E-state index in [4.69, 9.17) is 0 Å². The lowest BCUT2D eigenvalue weighted by atomic mass is 9.72. The van der Waals surface area contributed by atoms with E-state index in [-0.39, 0.29) is 0 Å². The Morgan fingerprint density at radius 2 is 2.00 bits per heavy atom. The van der Waals surface area contributed by atoms with Gasteiger partial charge in [0.1, 0.15) is 5.82 Å². The molecule has 1 heterocycles. The van der Waals surface area contributed by atoms with Gasteiger partial charge in [-0.05, 0) is 25.0 Å². The highest BCUT2D eigenvalue weighted by Crippen LogP contribution is 2.39. The zero-order chi connectivity index (χ0) is 13.3. The summed E-state index contributed by atoms with van der Waals surface area (Å²) >= 11 is 0. The van der Waals surface area contributed by atoms with E-state index in [2.05, 4.69) is 9.97 Å². The van der Waals surface area contributed by atoms with Crippen LogP contribution in [0.15, 0.2) is 24.3 Å². The number of carbonyl (C=O) groups is 1. The summed E-state index contributed by atoms with van der Waals surface area (Å²) in [5, 5.41) is 9.58. The van der Waals surface area contributed by atoms with Crippen LogP contribution in [0.4, 0.5) is 0 Å². The van der Waals surface area contributed by atoms with Crippen LogP contribution in [0.2, 0.25) is 0 Å². The third kappa shape index (κ3) is 2.23. The molecule has 1 aromatic heterocycles. The zero-order valence-electron chi connectivity index (χ0n) is 10.9. The summed E-state index contributed by atoms with van der Waals surface area (Å²) in [7, 11) is 0. The van der Waals surface area contributed by atoms with Crippen LogP contribution < -0.4 is 0 Å². The minimum absolute atomic E-state index is 0.511. The second-order valence-corrected chi connectivity index (χ2v) is 5.52. The van der Waals surface area contributed by atoms with Crippen LogP contribution in [0.25, 0.3) is 11.0 Å². The number of nitrogens with zero attached hydrogens (tertiary/aromatic N) is 1. The zero-order valence-corrected chi connectivity index (χ0v) is 10.9. The number of hydrogen-bond acceptors (Lipinski definition) is 2. The first-order valence-corrected chi connectivity index (χ1v) is 6.87. The summed E-state index contributed by atoms with van der Waals surface area (Å²) in [5.74, 6) is 0.123. The predicted molar refractivity (Wildman–Crippen MR) is 73.0 cm³/mol. The van der Waals surface area contributed by atoms with Gasteiger partial charge in [-0.15, -0.1) is 0 Å². The third-order valence-electron chi connectivity index (χ3n) is 4.21. The van der Waals surface area contributed by atoms with Gasteiger partial charge in [0.25, 0.3) is 0 Å². The van der Waals surface area contributed by atoms with Gasteiger partial charge in [-0.25, -0.2) is 4.98 Å². The molecule has 0 atom stereocenters. The van der Waals surface area contributed by atoms with Gasteiger partial charge in [-0.3, -0.25) is 4.79 Å². The first-order chi connectivity index (χ1) is 9.20. The van der Waals surface area contributed by atoms with Crippen LogP contribution in [-0.4, -0.2) is 21.0 Å². The largest absolute Gasteiger partial charge is 0.481 e. The fourth-order valence-corrected chi connectivity index (χ4v) is 3.10. The highest BCUT2D eigenvalue weighted by atomic mass is 16.4. The highest BCUT2D eigenvalue weighted by Gasteiger charge is 2.40. The number of imidazole rings is 1. The number of fused-ring (bicyclic) bond motifs is 1. The minimum atomic E-state index is -0.673. The number of H-pyrrole nitrogens is 1. The Kier molecular flexibility index (Phi) is 3.01. The molecule has 0 aliphatic heterocycles. The van der Waals surface area contributed by atoms with Crippen molar-refractivity contribution >= 4 is 17.0 Å². The molecule has 0 saturated heterocycles. The first kappa shape index (κ1) is 12.2. The molecule has 4 heteroatoms. The molecule has 100 valence electrons. The fraction of sp³-hybridized carbons (Fsp3) is 0.467. The average molecular weight is 258 g/mol. The third-order valence-corrected chi connectivity index (χ3v) is 4.21. The summed E-state index contributed by atoms with van der Waals surface area (Å²) in [6.07, 6.45) is 5.20. The molecule has 2 N–H and O–H groups in total. The van der Waals surface area contributed by atoms with Crippen molar-refractivity contribution in [2.45, 2.75) is 38.5 Å². The van der Waals surface area contributed by atoms with Crippen LogP contribution in [0.3, 0.4) is 0 Å². The van der Waals surface area contributed by atoms with Crippen LogP contribution >= 0.6 is 0 Å². The second kappa shape index (κ2) is 4.68. The summed E-state index contributed by atoms with van der Waals surface area (Å²) in [4.78, 5) is 19.4. The number of aromatic amines is 1. The molecule has 0 radical (unpaired) electrons. The molecule has 0 spiro atoms. The van der Waals surface area contributed by atoms with Gasteiger partial charge in [0.15, 0.2) is 0 Å². The Bertz CT molecular complexity index is 564. The number of hydrogen-bond donors (Lipinski definition) is 2. The molecular formula is C15H18N2O2. The summed E-state index contributed by atoms with van der Waals surface area (Å²) in [5.41, 5.74) is 1.27. The van der Waals surface area contributed by atoms with Crippen molar-refractivity contribution in [3.63, 3.8) is 0 Å². The van der Waals surface area contributed by atoms with Crippen molar-refractivity contribution in [2.75, 3.05) is 0 Å². The van der Waals surface area contributed by atoms with E-state index in [1.807, 2.05) is 24.3 Å². The first-order valence-electron chi connectivity index (χ1n) is 6.87. The summed E-state index contributed by atoms with van der Waals surface area (Å²) in [6.45, 7) is 0. The highest BCUT2D eigenvalue weighted by molar-refractivity contribution is 5.77. The number of nitrogens with one attached hydrogen (secondary N) is 1. The molecule has 0 bridgehead atoms. The molecule has 2 aromatic rings. The molecule has 0 unspecified atom stereocenters. The lowest BCUT2D eigenvalue weighted by Crippen LogP contribution is -2.35. The van der Waals surface area contributed by atoms with Crippen molar-refractivity contribution in [1.29, 1.82) is 0 Å². The maximum absolute atomic E-state index is 11.7. The average Bonchev–Trinajstić information content (AvgIpc) is 2.81. The Hall–Kier alpha value is -1.84. The molecular weight excluding hydrogens is 240 g/mol. The maximum Gasteiger partial charge on any atom is 0.310 e. The number of carboxylic acids is 1. The monoisotopic (exact) mass is 258 g/mol. The predicted octanol–water partition coefficient (Wildman–Crippen LogP) is 3.14. The van der Waals surface area contributed by atoms with Gasteiger partial charge < -0.3 is 10.1 Å². The molecule has 0 amide bonds. The van der Waals surface area contributed by atoms with Crippen molar-refractivity contribution in [1.82, 2.24) is 9.97 Å². The molecule has 1 fully saturated rings. The summed E-state index contributed by atoms with van der Waals surface area (Å²) < 4.78 is 0. The molecule has 1 saturated carbocycles. The lowest BCUT2D eigenvalue weighted by Gasteiger charge is -2.32. The fourth-order valence-electron chi connectivity index (χ4n) is 3.10. The second-order valence-electron chi connectivity index (χ2n) is 5.52. The van der Waals surface area contributed by atoms with Crippen LogP contribution in [0, 0.1) is 5.41 Å². The quantitative estimate of drug-likeness (QED) is 0.888. The number of carboxylic acid groups (broad SMARTS) is 1. The van der Waals surface area contributed by atoms with Crippen molar-refractivity contribution < 1.29 is 9.90 Å². The van der Waals surface area contributed by atoms with Gasteiger partial charge in [-0.2, -0.15) is 0 Å². The molecule has 1 aliphatic carbocycles. The van der Waals surface area contributed by atoms with Gasteiger partial charge in [0.2, 0.25) is 0 Å². The maximum atomic E-state index is 11.7. The van der Waals surface area contributed by atoms with Crippen molar-refractivity contribution in [2.24, 2.45) is 5.41 Å².